The van der Waals surface area contributed by atoms with E-state index in [1.165, 1.54) is 0 Å². The third kappa shape index (κ3) is 2.04. The van der Waals surface area contributed by atoms with Crippen molar-refractivity contribution < 1.29 is 10.0 Å². The fraction of sp³-hybridized carbons (Fsp3) is 1.00. The van der Waals surface area contributed by atoms with E-state index in [0.717, 1.165) is 0 Å². The van der Waals surface area contributed by atoms with Crippen LogP contribution in [0.25, 0.3) is 0 Å². The molecule has 0 heterocycles. The molecule has 0 spiro atoms. The fourth-order valence-corrected chi connectivity index (χ4v) is 1.62. The number of alkyl halides is 1. The molecule has 3 atom stereocenters. The highest BCUT2D eigenvalue weighted by molar-refractivity contribution is 6.20. The molecule has 0 aliphatic heterocycles. The standard InChI is InChI=1S/C6H10ClNO3/c7-4-1-2-6(9)5(3-4)8(10)11/h4-6,9H,1-3H2. The van der Waals surface area contributed by atoms with Gasteiger partial charge in [-0.3, -0.25) is 10.1 Å². The fourth-order valence-electron chi connectivity index (χ4n) is 1.31. The summed E-state index contributed by atoms with van der Waals surface area (Å²) in [4.78, 5) is 9.85. The number of hydrogen-bond donors (Lipinski definition) is 1. The molecule has 0 amide bonds. The molecule has 1 fully saturated rings. The highest BCUT2D eigenvalue weighted by atomic mass is 35.5. The number of hydrogen-bond acceptors (Lipinski definition) is 3. The predicted octanol–water partition coefficient (Wildman–Crippen LogP) is 0.784. The third-order valence-electron chi connectivity index (χ3n) is 1.99. The number of aliphatic hydroxyl groups is 1. The minimum atomic E-state index is -0.855. The monoisotopic (exact) mass is 179 g/mol. The number of rotatable bonds is 1. The molecular formula is C6H10ClNO3. The normalized spacial score (nSPS) is 38.5. The van der Waals surface area contributed by atoms with Crippen LogP contribution in [0.1, 0.15) is 19.3 Å². The zero-order valence-electron chi connectivity index (χ0n) is 5.94. The lowest BCUT2D eigenvalue weighted by molar-refractivity contribution is -0.537. The van der Waals surface area contributed by atoms with Gasteiger partial charge >= 0.3 is 0 Å². The molecule has 0 aromatic rings. The minimum Gasteiger partial charge on any atom is -0.386 e. The first kappa shape index (κ1) is 8.74. The molecule has 1 N–H and O–H groups in total. The lowest BCUT2D eigenvalue weighted by Crippen LogP contribution is -2.39. The summed E-state index contributed by atoms with van der Waals surface area (Å²) in [5, 5.41) is 19.3. The van der Waals surface area contributed by atoms with Crippen molar-refractivity contribution in [2.24, 2.45) is 0 Å². The van der Waals surface area contributed by atoms with E-state index in [9.17, 15) is 10.1 Å². The molecule has 1 rings (SSSR count). The van der Waals surface area contributed by atoms with E-state index in [1.807, 2.05) is 0 Å². The Morgan fingerprint density at radius 1 is 1.55 bits per heavy atom. The van der Waals surface area contributed by atoms with Crippen LogP contribution in [0.2, 0.25) is 0 Å². The van der Waals surface area contributed by atoms with Gasteiger partial charge in [0.2, 0.25) is 6.04 Å². The molecule has 0 bridgehead atoms. The number of nitro groups is 1. The Morgan fingerprint density at radius 3 is 2.64 bits per heavy atom. The van der Waals surface area contributed by atoms with Gasteiger partial charge in [0.25, 0.3) is 0 Å². The maximum absolute atomic E-state index is 10.3. The van der Waals surface area contributed by atoms with E-state index in [-0.39, 0.29) is 11.8 Å². The van der Waals surface area contributed by atoms with Crippen molar-refractivity contribution in [3.63, 3.8) is 0 Å². The van der Waals surface area contributed by atoms with Gasteiger partial charge < -0.3 is 5.11 Å². The molecule has 64 valence electrons. The summed E-state index contributed by atoms with van der Waals surface area (Å²) in [5.41, 5.74) is 0. The van der Waals surface area contributed by atoms with Crippen molar-refractivity contribution in [3.8, 4) is 0 Å². The van der Waals surface area contributed by atoms with Gasteiger partial charge in [-0.05, 0) is 12.8 Å². The van der Waals surface area contributed by atoms with E-state index in [0.29, 0.717) is 12.8 Å². The average molecular weight is 180 g/mol. The minimum absolute atomic E-state index is 0.145. The van der Waals surface area contributed by atoms with E-state index < -0.39 is 17.1 Å². The van der Waals surface area contributed by atoms with Crippen LogP contribution in [0.15, 0.2) is 0 Å². The summed E-state index contributed by atoms with van der Waals surface area (Å²) >= 11 is 5.71. The quantitative estimate of drug-likeness (QED) is 0.368. The molecule has 1 saturated carbocycles. The second kappa shape index (κ2) is 3.36. The zero-order valence-corrected chi connectivity index (χ0v) is 6.70. The van der Waals surface area contributed by atoms with E-state index >= 15 is 0 Å². The molecule has 5 heteroatoms. The van der Waals surface area contributed by atoms with Crippen molar-refractivity contribution in [2.75, 3.05) is 0 Å². The van der Waals surface area contributed by atoms with Gasteiger partial charge in [-0.1, -0.05) is 0 Å². The van der Waals surface area contributed by atoms with Crippen LogP contribution < -0.4 is 0 Å². The lowest BCUT2D eigenvalue weighted by Gasteiger charge is -2.23. The van der Waals surface area contributed by atoms with E-state index in [2.05, 4.69) is 0 Å². The Balaban J connectivity index is 2.54. The SMILES string of the molecule is O=[N+]([O-])C1CC(Cl)CCC1O. The molecule has 0 saturated heterocycles. The smallest absolute Gasteiger partial charge is 0.239 e. The molecule has 1 aliphatic carbocycles. The van der Waals surface area contributed by atoms with Crippen LogP contribution in [0, 0.1) is 10.1 Å². The van der Waals surface area contributed by atoms with Gasteiger partial charge in [0.05, 0.1) is 0 Å². The molecule has 4 nitrogen and oxygen atoms in total. The maximum Gasteiger partial charge on any atom is 0.239 e. The highest BCUT2D eigenvalue weighted by Crippen LogP contribution is 2.24. The molecule has 0 aromatic heterocycles. The van der Waals surface area contributed by atoms with Crippen molar-refractivity contribution in [3.05, 3.63) is 10.1 Å². The van der Waals surface area contributed by atoms with Gasteiger partial charge in [-0.25, -0.2) is 0 Å². The maximum atomic E-state index is 10.3. The van der Waals surface area contributed by atoms with Crippen LogP contribution in [-0.4, -0.2) is 27.6 Å². The second-order valence-electron chi connectivity index (χ2n) is 2.83. The Hall–Kier alpha value is -0.350. The number of nitrogens with zero attached hydrogens (tertiary/aromatic N) is 1. The van der Waals surface area contributed by atoms with Gasteiger partial charge in [0.15, 0.2) is 0 Å². The van der Waals surface area contributed by atoms with E-state index in [1.54, 1.807) is 0 Å². The van der Waals surface area contributed by atoms with Crippen molar-refractivity contribution in [1.82, 2.24) is 0 Å². The van der Waals surface area contributed by atoms with Crippen molar-refractivity contribution in [2.45, 2.75) is 36.8 Å². The van der Waals surface area contributed by atoms with Crippen LogP contribution in [0.4, 0.5) is 0 Å². The summed E-state index contributed by atoms with van der Waals surface area (Å²) < 4.78 is 0. The molecule has 0 aromatic carbocycles. The van der Waals surface area contributed by atoms with Gasteiger partial charge in [0.1, 0.15) is 6.10 Å². The van der Waals surface area contributed by atoms with Gasteiger partial charge in [-0.2, -0.15) is 0 Å². The first-order chi connectivity index (χ1) is 5.11. The molecule has 3 unspecified atom stereocenters. The van der Waals surface area contributed by atoms with Crippen LogP contribution in [0.5, 0.6) is 0 Å². The molecule has 1 aliphatic rings. The molecular weight excluding hydrogens is 170 g/mol. The Kier molecular flexibility index (Phi) is 2.67. The topological polar surface area (TPSA) is 63.4 Å². The first-order valence-electron chi connectivity index (χ1n) is 3.57. The highest BCUT2D eigenvalue weighted by Gasteiger charge is 2.36. The second-order valence-corrected chi connectivity index (χ2v) is 3.45. The van der Waals surface area contributed by atoms with Crippen LogP contribution >= 0.6 is 11.6 Å². The Bertz CT molecular complexity index is 164. The third-order valence-corrected chi connectivity index (χ3v) is 2.38. The van der Waals surface area contributed by atoms with Crippen molar-refractivity contribution >= 4 is 11.6 Å². The van der Waals surface area contributed by atoms with Crippen LogP contribution in [-0.2, 0) is 0 Å². The summed E-state index contributed by atoms with van der Waals surface area (Å²) in [7, 11) is 0. The average Bonchev–Trinajstić information content (AvgIpc) is 1.94. The van der Waals surface area contributed by atoms with Crippen molar-refractivity contribution in [1.29, 1.82) is 0 Å². The van der Waals surface area contributed by atoms with Gasteiger partial charge in [-0.15, -0.1) is 11.6 Å². The Morgan fingerprint density at radius 2 is 2.18 bits per heavy atom. The lowest BCUT2D eigenvalue weighted by atomic mass is 9.93. The van der Waals surface area contributed by atoms with Crippen LogP contribution in [0.3, 0.4) is 0 Å². The largest absolute Gasteiger partial charge is 0.386 e. The summed E-state index contributed by atoms with van der Waals surface area (Å²) in [5.74, 6) is 0. The summed E-state index contributed by atoms with van der Waals surface area (Å²) in [6.45, 7) is 0. The predicted molar refractivity (Wildman–Crippen MR) is 40.3 cm³/mol. The molecule has 0 radical (unpaired) electrons. The van der Waals surface area contributed by atoms with E-state index in [4.69, 9.17) is 16.7 Å². The summed E-state index contributed by atoms with van der Waals surface area (Å²) in [6, 6.07) is -0.855. The first-order valence-corrected chi connectivity index (χ1v) is 4.00. The van der Waals surface area contributed by atoms with Gasteiger partial charge in [0, 0.05) is 16.7 Å². The number of halogens is 1. The molecule has 11 heavy (non-hydrogen) atoms. The number of aliphatic hydroxyl groups excluding tert-OH is 1. The zero-order chi connectivity index (χ0) is 8.43. The summed E-state index contributed by atoms with van der Waals surface area (Å²) in [6.07, 6.45) is 0.600. The Labute approximate surface area is 69.3 Å².